The van der Waals surface area contributed by atoms with Gasteiger partial charge < -0.3 is 9.47 Å². The fourth-order valence-electron chi connectivity index (χ4n) is 3.37. The number of benzene rings is 5. The van der Waals surface area contributed by atoms with Gasteiger partial charge in [0.1, 0.15) is 11.5 Å². The Labute approximate surface area is 192 Å². The molecule has 4 nitrogen and oxygen atoms in total. The molecule has 0 amide bonds. The van der Waals surface area contributed by atoms with E-state index < -0.39 is 0 Å². The van der Waals surface area contributed by atoms with Crippen LogP contribution in [0.4, 0.5) is 0 Å². The molecule has 0 aliphatic rings. The highest BCUT2D eigenvalue weighted by Crippen LogP contribution is 2.22. The maximum Gasteiger partial charge on any atom is 0.343 e. The molecule has 0 saturated heterocycles. The number of hydrogen-bond donors (Lipinski definition) is 0. The van der Waals surface area contributed by atoms with Crippen LogP contribution in [0.5, 0.6) is 11.5 Å². The highest BCUT2D eigenvalue weighted by molar-refractivity contribution is 5.92. The molecule has 0 fully saturated rings. The Morgan fingerprint density at radius 1 is 0.515 bits per heavy atom. The third-order valence-corrected chi connectivity index (χ3v) is 4.92. The summed E-state index contributed by atoms with van der Waals surface area (Å²) >= 11 is 0. The van der Waals surface area contributed by atoms with Crippen LogP contribution in [0.3, 0.4) is 0 Å². The van der Waals surface area contributed by atoms with E-state index in [9.17, 15) is 9.59 Å². The molecule has 0 aliphatic heterocycles. The van der Waals surface area contributed by atoms with Gasteiger partial charge in [0.05, 0.1) is 5.56 Å². The Bertz CT molecular complexity index is 1410. The van der Waals surface area contributed by atoms with Crippen LogP contribution >= 0.6 is 0 Å². The van der Waals surface area contributed by atoms with Gasteiger partial charge in [-0.25, -0.2) is 4.79 Å². The molecule has 0 spiro atoms. The number of carbonyl (C=O) groups is 2. The second-order valence-electron chi connectivity index (χ2n) is 7.37. The standard InChI is InChI=1S/C17H12O2.C12H10O2/c18-17(14-7-2-1-3-8-14)19-16-11-10-13-6-4-5-9-15(13)12-16;1-9(13)14-12-7-6-10-4-2-3-5-11(10)8-12/h1-12H;2-8H,1H3. The number of carbonyl (C=O) groups excluding carboxylic acids is 2. The zero-order chi connectivity index (χ0) is 23.0. The zero-order valence-corrected chi connectivity index (χ0v) is 18.1. The largest absolute Gasteiger partial charge is 0.427 e. The van der Waals surface area contributed by atoms with Crippen LogP contribution in [0.25, 0.3) is 21.5 Å². The van der Waals surface area contributed by atoms with E-state index in [-0.39, 0.29) is 11.9 Å². The minimum absolute atomic E-state index is 0.291. The van der Waals surface area contributed by atoms with Gasteiger partial charge in [-0.1, -0.05) is 78.9 Å². The summed E-state index contributed by atoms with van der Waals surface area (Å²) in [5.74, 6) is 0.528. The number of rotatable bonds is 3. The van der Waals surface area contributed by atoms with Crippen molar-refractivity contribution in [3.63, 3.8) is 0 Å². The SMILES string of the molecule is CC(=O)Oc1ccc2ccccc2c1.O=C(Oc1ccc2ccccc2c1)c1ccccc1. The van der Waals surface area contributed by atoms with Crippen LogP contribution in [-0.2, 0) is 4.79 Å². The third kappa shape index (κ3) is 5.83. The summed E-state index contributed by atoms with van der Waals surface area (Å²) in [6.07, 6.45) is 0. The first-order chi connectivity index (χ1) is 16.1. The van der Waals surface area contributed by atoms with Crippen LogP contribution in [-0.4, -0.2) is 11.9 Å². The summed E-state index contributed by atoms with van der Waals surface area (Å²) in [6, 6.07) is 36.1. The minimum atomic E-state index is -0.337. The topological polar surface area (TPSA) is 52.6 Å². The minimum Gasteiger partial charge on any atom is -0.427 e. The maximum atomic E-state index is 11.9. The van der Waals surface area contributed by atoms with Crippen molar-refractivity contribution in [1.29, 1.82) is 0 Å². The summed E-state index contributed by atoms with van der Waals surface area (Å²) in [4.78, 5) is 22.7. The van der Waals surface area contributed by atoms with E-state index in [2.05, 4.69) is 0 Å². The molecule has 0 atom stereocenters. The smallest absolute Gasteiger partial charge is 0.343 e. The molecule has 5 aromatic rings. The normalized spacial score (nSPS) is 10.2. The Morgan fingerprint density at radius 3 is 1.48 bits per heavy atom. The van der Waals surface area contributed by atoms with E-state index in [0.29, 0.717) is 17.1 Å². The molecule has 0 heterocycles. The first-order valence-electron chi connectivity index (χ1n) is 10.5. The third-order valence-electron chi connectivity index (χ3n) is 4.92. The summed E-state index contributed by atoms with van der Waals surface area (Å²) < 4.78 is 10.4. The molecule has 0 saturated carbocycles. The van der Waals surface area contributed by atoms with E-state index in [1.807, 2.05) is 97.1 Å². The zero-order valence-electron chi connectivity index (χ0n) is 18.1. The lowest BCUT2D eigenvalue weighted by molar-refractivity contribution is -0.131. The molecule has 5 rings (SSSR count). The van der Waals surface area contributed by atoms with Gasteiger partial charge in [-0.05, 0) is 57.9 Å². The Kier molecular flexibility index (Phi) is 6.76. The molecule has 0 bridgehead atoms. The molecule has 0 N–H and O–H groups in total. The van der Waals surface area contributed by atoms with Crippen LogP contribution in [0, 0.1) is 0 Å². The van der Waals surface area contributed by atoms with Crippen molar-refractivity contribution in [1.82, 2.24) is 0 Å². The van der Waals surface area contributed by atoms with E-state index in [1.54, 1.807) is 18.2 Å². The molecule has 0 radical (unpaired) electrons. The molecule has 5 aromatic carbocycles. The second kappa shape index (κ2) is 10.2. The van der Waals surface area contributed by atoms with Crippen molar-refractivity contribution in [3.8, 4) is 11.5 Å². The van der Waals surface area contributed by atoms with Gasteiger partial charge in [0.25, 0.3) is 0 Å². The lowest BCUT2D eigenvalue weighted by Gasteiger charge is -2.05. The van der Waals surface area contributed by atoms with E-state index in [1.165, 1.54) is 6.92 Å². The van der Waals surface area contributed by atoms with E-state index >= 15 is 0 Å². The molecule has 4 heteroatoms. The Balaban J connectivity index is 0.000000165. The molecule has 0 aromatic heterocycles. The van der Waals surface area contributed by atoms with Crippen molar-refractivity contribution in [3.05, 3.63) is 121 Å². The number of esters is 2. The van der Waals surface area contributed by atoms with Gasteiger partial charge in [-0.2, -0.15) is 0 Å². The first kappa shape index (κ1) is 21.8. The summed E-state index contributed by atoms with van der Waals surface area (Å²) in [5.41, 5.74) is 0.552. The van der Waals surface area contributed by atoms with Crippen LogP contribution in [0.1, 0.15) is 17.3 Å². The summed E-state index contributed by atoms with van der Waals surface area (Å²) in [7, 11) is 0. The van der Waals surface area contributed by atoms with Gasteiger partial charge in [-0.15, -0.1) is 0 Å². The number of ether oxygens (including phenoxy) is 2. The van der Waals surface area contributed by atoms with Crippen LogP contribution < -0.4 is 9.47 Å². The first-order valence-corrected chi connectivity index (χ1v) is 10.5. The quantitative estimate of drug-likeness (QED) is 0.231. The Morgan fingerprint density at radius 2 is 0.970 bits per heavy atom. The fraction of sp³-hybridized carbons (Fsp3) is 0.0345. The highest BCUT2D eigenvalue weighted by Gasteiger charge is 2.07. The predicted octanol–water partition coefficient (Wildman–Crippen LogP) is 6.82. The van der Waals surface area contributed by atoms with Gasteiger partial charge >= 0.3 is 11.9 Å². The molecule has 162 valence electrons. The van der Waals surface area contributed by atoms with Crippen molar-refractivity contribution < 1.29 is 19.1 Å². The van der Waals surface area contributed by atoms with Gasteiger partial charge in [-0.3, -0.25) is 4.79 Å². The lowest BCUT2D eigenvalue weighted by Crippen LogP contribution is -2.07. The fourth-order valence-corrected chi connectivity index (χ4v) is 3.37. The summed E-state index contributed by atoms with van der Waals surface area (Å²) in [6.45, 7) is 1.40. The van der Waals surface area contributed by atoms with Crippen LogP contribution in [0.15, 0.2) is 115 Å². The molecular weight excluding hydrogens is 412 g/mol. The molecule has 0 unspecified atom stereocenters. The van der Waals surface area contributed by atoms with E-state index in [0.717, 1.165) is 21.5 Å². The van der Waals surface area contributed by atoms with Gasteiger partial charge in [0.2, 0.25) is 0 Å². The lowest BCUT2D eigenvalue weighted by atomic mass is 10.1. The average Bonchev–Trinajstić information content (AvgIpc) is 2.84. The van der Waals surface area contributed by atoms with Crippen molar-refractivity contribution in [2.45, 2.75) is 6.92 Å². The summed E-state index contributed by atoms with van der Waals surface area (Å²) in [5, 5.41) is 4.40. The van der Waals surface area contributed by atoms with Gasteiger partial charge in [0.15, 0.2) is 0 Å². The number of hydrogen-bond acceptors (Lipinski definition) is 4. The number of fused-ring (bicyclic) bond motifs is 2. The van der Waals surface area contributed by atoms with E-state index in [4.69, 9.17) is 9.47 Å². The highest BCUT2D eigenvalue weighted by atomic mass is 16.5. The molecule has 0 aliphatic carbocycles. The predicted molar refractivity (Wildman–Crippen MR) is 131 cm³/mol. The Hall–Kier alpha value is -4.44. The van der Waals surface area contributed by atoms with Gasteiger partial charge in [0, 0.05) is 6.92 Å². The average molecular weight is 434 g/mol. The van der Waals surface area contributed by atoms with Crippen molar-refractivity contribution >= 4 is 33.5 Å². The molecular formula is C29H22O4. The monoisotopic (exact) mass is 434 g/mol. The maximum absolute atomic E-state index is 11.9. The second-order valence-corrected chi connectivity index (χ2v) is 7.37. The van der Waals surface area contributed by atoms with Crippen molar-refractivity contribution in [2.75, 3.05) is 0 Å². The molecule has 33 heavy (non-hydrogen) atoms. The van der Waals surface area contributed by atoms with Crippen molar-refractivity contribution in [2.24, 2.45) is 0 Å². The van der Waals surface area contributed by atoms with Crippen LogP contribution in [0.2, 0.25) is 0 Å².